The topological polar surface area (TPSA) is 112 Å². The fraction of sp³-hybridized carbons (Fsp3) is 0.464. The van der Waals surface area contributed by atoms with Gasteiger partial charge in [0, 0.05) is 18.9 Å². The van der Waals surface area contributed by atoms with Crippen molar-refractivity contribution in [2.75, 3.05) is 13.2 Å². The van der Waals surface area contributed by atoms with E-state index in [0.29, 0.717) is 24.8 Å². The molecule has 182 valence electrons. The van der Waals surface area contributed by atoms with Gasteiger partial charge in [0.2, 0.25) is 0 Å². The van der Waals surface area contributed by atoms with Gasteiger partial charge in [0.1, 0.15) is 17.3 Å². The fourth-order valence-corrected chi connectivity index (χ4v) is 5.25. The van der Waals surface area contributed by atoms with Gasteiger partial charge in [-0.3, -0.25) is 14.4 Å². The van der Waals surface area contributed by atoms with Crippen molar-refractivity contribution >= 4 is 17.3 Å². The van der Waals surface area contributed by atoms with Crippen LogP contribution in [0.1, 0.15) is 61.0 Å². The highest BCUT2D eigenvalue weighted by atomic mass is 16.3. The number of ketones is 3. The molecule has 0 bridgehead atoms. The minimum Gasteiger partial charge on any atom is -0.507 e. The Labute approximate surface area is 200 Å². The molecule has 0 aromatic heterocycles. The Morgan fingerprint density at radius 2 is 1.88 bits per heavy atom. The van der Waals surface area contributed by atoms with Crippen LogP contribution in [0.25, 0.3) is 11.1 Å². The largest absolute Gasteiger partial charge is 0.507 e. The summed E-state index contributed by atoms with van der Waals surface area (Å²) < 4.78 is 0. The predicted molar refractivity (Wildman–Crippen MR) is 130 cm³/mol. The molecule has 0 heterocycles. The van der Waals surface area contributed by atoms with Crippen molar-refractivity contribution in [3.05, 3.63) is 53.1 Å². The predicted octanol–water partition coefficient (Wildman–Crippen LogP) is 3.91. The quantitative estimate of drug-likeness (QED) is 0.433. The van der Waals surface area contributed by atoms with Crippen molar-refractivity contribution < 1.29 is 29.7 Å². The normalized spacial score (nSPS) is 17.2. The van der Waals surface area contributed by atoms with Crippen LogP contribution >= 0.6 is 0 Å². The first kappa shape index (κ1) is 25.8. The van der Waals surface area contributed by atoms with Crippen molar-refractivity contribution in [1.82, 2.24) is 0 Å². The molecular weight excluding hydrogens is 432 g/mol. The van der Waals surface area contributed by atoms with E-state index in [1.165, 1.54) is 12.5 Å². The molecule has 2 aromatic carbocycles. The zero-order chi connectivity index (χ0) is 24.8. The van der Waals surface area contributed by atoms with Crippen LogP contribution in [0.2, 0.25) is 0 Å². The van der Waals surface area contributed by atoms with E-state index in [9.17, 15) is 29.7 Å². The van der Waals surface area contributed by atoms with Crippen molar-refractivity contribution in [2.24, 2.45) is 17.8 Å². The average Bonchev–Trinajstić information content (AvgIpc) is 2.79. The standard InChI is InChI=1S/C28H34O6/c1-3-18-5-4-6-20(12-18)22-7-8-25(32)28-23(22)14-19(15-27(28)34)13-21(9-10-29)24(16-30)26(33)11-17(2)31/h4-8,12,19,21,24,29-30,32H,3,9-11,13-16H2,1-2H3. The van der Waals surface area contributed by atoms with Gasteiger partial charge < -0.3 is 15.3 Å². The maximum Gasteiger partial charge on any atom is 0.167 e. The van der Waals surface area contributed by atoms with Crippen LogP contribution in [-0.4, -0.2) is 45.9 Å². The van der Waals surface area contributed by atoms with E-state index in [0.717, 1.165) is 23.1 Å². The third kappa shape index (κ3) is 5.80. The Bertz CT molecular complexity index is 1060. The number of rotatable bonds is 11. The van der Waals surface area contributed by atoms with E-state index < -0.39 is 12.5 Å². The van der Waals surface area contributed by atoms with Crippen LogP contribution in [0.3, 0.4) is 0 Å². The van der Waals surface area contributed by atoms with Crippen molar-refractivity contribution in [3.63, 3.8) is 0 Å². The first-order valence-electron chi connectivity index (χ1n) is 12.0. The second-order valence-corrected chi connectivity index (χ2v) is 9.38. The number of aromatic hydroxyl groups is 1. The second-order valence-electron chi connectivity index (χ2n) is 9.38. The Morgan fingerprint density at radius 3 is 2.53 bits per heavy atom. The third-order valence-corrected chi connectivity index (χ3v) is 6.92. The summed E-state index contributed by atoms with van der Waals surface area (Å²) in [6.07, 6.45) is 2.17. The molecule has 0 fully saturated rings. The lowest BCUT2D eigenvalue weighted by Crippen LogP contribution is -2.32. The van der Waals surface area contributed by atoms with E-state index in [-0.39, 0.29) is 54.4 Å². The molecule has 1 aliphatic rings. The molecule has 0 saturated heterocycles. The van der Waals surface area contributed by atoms with Gasteiger partial charge in [-0.2, -0.15) is 0 Å². The molecular formula is C28H34O6. The molecule has 3 atom stereocenters. The summed E-state index contributed by atoms with van der Waals surface area (Å²) >= 11 is 0. The monoisotopic (exact) mass is 466 g/mol. The highest BCUT2D eigenvalue weighted by Crippen LogP contribution is 2.41. The molecule has 3 N–H and O–H groups in total. The summed E-state index contributed by atoms with van der Waals surface area (Å²) in [5.74, 6) is -1.96. The molecule has 6 nitrogen and oxygen atoms in total. The lowest BCUT2D eigenvalue weighted by molar-refractivity contribution is -0.131. The first-order chi connectivity index (χ1) is 16.3. The van der Waals surface area contributed by atoms with Crippen molar-refractivity contribution in [1.29, 1.82) is 0 Å². The maximum absolute atomic E-state index is 13.1. The molecule has 0 spiro atoms. The van der Waals surface area contributed by atoms with Crippen LogP contribution in [0.5, 0.6) is 5.75 Å². The number of phenols is 1. The van der Waals surface area contributed by atoms with E-state index in [2.05, 4.69) is 19.1 Å². The summed E-state index contributed by atoms with van der Waals surface area (Å²) in [6.45, 7) is 2.87. The minimum atomic E-state index is -0.752. The van der Waals surface area contributed by atoms with Crippen molar-refractivity contribution in [3.8, 4) is 16.9 Å². The average molecular weight is 467 g/mol. The number of aliphatic hydroxyl groups is 2. The molecule has 34 heavy (non-hydrogen) atoms. The molecule has 0 amide bonds. The summed E-state index contributed by atoms with van der Waals surface area (Å²) in [5.41, 5.74) is 4.23. The van der Waals surface area contributed by atoms with Gasteiger partial charge in [0.15, 0.2) is 5.78 Å². The molecule has 1 aliphatic carbocycles. The summed E-state index contributed by atoms with van der Waals surface area (Å²) in [4.78, 5) is 37.2. The highest BCUT2D eigenvalue weighted by molar-refractivity contribution is 6.03. The summed E-state index contributed by atoms with van der Waals surface area (Å²) in [6, 6.07) is 11.5. The van der Waals surface area contributed by atoms with Gasteiger partial charge in [0.25, 0.3) is 0 Å². The van der Waals surface area contributed by atoms with Gasteiger partial charge in [0.05, 0.1) is 18.6 Å². The fourth-order valence-electron chi connectivity index (χ4n) is 5.25. The van der Waals surface area contributed by atoms with E-state index in [4.69, 9.17) is 0 Å². The second kappa shape index (κ2) is 11.5. The zero-order valence-corrected chi connectivity index (χ0v) is 19.9. The third-order valence-electron chi connectivity index (χ3n) is 6.92. The number of aliphatic hydroxyl groups excluding tert-OH is 2. The van der Waals surface area contributed by atoms with Crippen LogP contribution in [0.15, 0.2) is 36.4 Å². The highest BCUT2D eigenvalue weighted by Gasteiger charge is 2.35. The maximum atomic E-state index is 13.1. The number of carbonyl (C=O) groups excluding carboxylic acids is 3. The zero-order valence-electron chi connectivity index (χ0n) is 19.9. The van der Waals surface area contributed by atoms with E-state index in [1.54, 1.807) is 6.07 Å². The van der Waals surface area contributed by atoms with Gasteiger partial charge in [-0.1, -0.05) is 37.3 Å². The van der Waals surface area contributed by atoms with Crippen LogP contribution in [0, 0.1) is 17.8 Å². The molecule has 0 aliphatic heterocycles. The van der Waals surface area contributed by atoms with Crippen molar-refractivity contribution in [2.45, 2.75) is 52.4 Å². The number of aryl methyl sites for hydroxylation is 1. The van der Waals surface area contributed by atoms with Crippen LogP contribution < -0.4 is 0 Å². The number of fused-ring (bicyclic) bond motifs is 1. The van der Waals surface area contributed by atoms with Crippen LogP contribution in [0.4, 0.5) is 0 Å². The Hall–Kier alpha value is -2.83. The van der Waals surface area contributed by atoms with E-state index in [1.807, 2.05) is 18.2 Å². The number of benzene rings is 2. The number of Topliss-reactive ketones (excluding diaryl/α,β-unsaturated/α-hetero) is 3. The Morgan fingerprint density at radius 1 is 1.12 bits per heavy atom. The van der Waals surface area contributed by atoms with Gasteiger partial charge in [-0.25, -0.2) is 0 Å². The number of hydrogen-bond donors (Lipinski definition) is 3. The molecule has 0 saturated carbocycles. The lowest BCUT2D eigenvalue weighted by atomic mass is 9.72. The number of hydrogen-bond acceptors (Lipinski definition) is 6. The SMILES string of the molecule is CCc1cccc(-c2ccc(O)c3c2CC(CC(CCO)C(CO)C(=O)CC(C)=O)CC3=O)c1. The summed E-state index contributed by atoms with van der Waals surface area (Å²) in [5, 5.41) is 30.0. The van der Waals surface area contributed by atoms with Gasteiger partial charge >= 0.3 is 0 Å². The minimum absolute atomic E-state index is 0.0226. The first-order valence-corrected chi connectivity index (χ1v) is 12.0. The molecule has 6 heteroatoms. The number of phenolic OH excluding ortho intramolecular Hbond substituents is 1. The molecule has 2 aromatic rings. The van der Waals surface area contributed by atoms with Gasteiger partial charge in [-0.05, 0) is 72.8 Å². The molecule has 3 unspecified atom stereocenters. The van der Waals surface area contributed by atoms with E-state index >= 15 is 0 Å². The van der Waals surface area contributed by atoms with Gasteiger partial charge in [-0.15, -0.1) is 0 Å². The Kier molecular flexibility index (Phi) is 8.75. The lowest BCUT2D eigenvalue weighted by Gasteiger charge is -2.31. The summed E-state index contributed by atoms with van der Waals surface area (Å²) in [7, 11) is 0. The van der Waals surface area contributed by atoms with Crippen LogP contribution in [-0.2, 0) is 22.4 Å². The molecule has 0 radical (unpaired) electrons. The smallest absolute Gasteiger partial charge is 0.167 e. The number of carbonyl (C=O) groups is 3. The Balaban J connectivity index is 1.93. The molecule has 3 rings (SSSR count).